The van der Waals surface area contributed by atoms with Gasteiger partial charge in [-0.15, -0.1) is 0 Å². The Kier molecular flexibility index (Phi) is 2.73. The number of nitrogens with two attached hydrogens (primary N) is 1. The van der Waals surface area contributed by atoms with E-state index in [4.69, 9.17) is 10.3 Å². The summed E-state index contributed by atoms with van der Waals surface area (Å²) >= 11 is 0. The van der Waals surface area contributed by atoms with Gasteiger partial charge >= 0.3 is 0 Å². The molecule has 1 aliphatic rings. The molecule has 0 atom stereocenters. The van der Waals surface area contributed by atoms with E-state index in [1.54, 1.807) is 10.9 Å². The van der Waals surface area contributed by atoms with Crippen molar-refractivity contribution in [3.8, 4) is 17.1 Å². The molecule has 1 aromatic carbocycles. The van der Waals surface area contributed by atoms with Gasteiger partial charge in [0.1, 0.15) is 11.4 Å². The highest BCUT2D eigenvalue weighted by atomic mass is 16.5. The van der Waals surface area contributed by atoms with Gasteiger partial charge in [0.25, 0.3) is 5.89 Å². The average molecular weight is 281 g/mol. The molecule has 0 amide bonds. The summed E-state index contributed by atoms with van der Waals surface area (Å²) in [6, 6.07) is 9.72. The van der Waals surface area contributed by atoms with Crippen LogP contribution < -0.4 is 5.73 Å². The molecule has 6 nitrogen and oxygen atoms in total. The summed E-state index contributed by atoms with van der Waals surface area (Å²) in [5, 5.41) is 8.33. The maximum atomic E-state index is 6.16. The summed E-state index contributed by atoms with van der Waals surface area (Å²) in [5.41, 5.74) is 7.74. The van der Waals surface area contributed by atoms with Crippen molar-refractivity contribution in [3.05, 3.63) is 42.4 Å². The third kappa shape index (κ3) is 2.29. The topological polar surface area (TPSA) is 82.8 Å². The van der Waals surface area contributed by atoms with E-state index in [-0.39, 0.29) is 0 Å². The number of aromatic nitrogens is 4. The first kappa shape index (κ1) is 12.1. The van der Waals surface area contributed by atoms with Gasteiger partial charge in [-0.05, 0) is 30.9 Å². The third-order valence-corrected chi connectivity index (χ3v) is 3.67. The molecular weight excluding hydrogens is 266 g/mol. The fraction of sp³-hybridized carbons (Fsp3) is 0.267. The molecular formula is C15H15N5O. The minimum absolute atomic E-state index is 0.435. The Morgan fingerprint density at radius 2 is 2.05 bits per heavy atom. The zero-order valence-corrected chi connectivity index (χ0v) is 11.4. The Hall–Kier alpha value is -2.63. The van der Waals surface area contributed by atoms with Crippen LogP contribution in [0.1, 0.15) is 18.7 Å². The Morgan fingerprint density at radius 3 is 2.81 bits per heavy atom. The van der Waals surface area contributed by atoms with Crippen LogP contribution in [-0.2, 0) is 6.42 Å². The molecule has 0 radical (unpaired) electrons. The molecule has 1 saturated carbocycles. The van der Waals surface area contributed by atoms with Crippen molar-refractivity contribution in [3.63, 3.8) is 0 Å². The van der Waals surface area contributed by atoms with Crippen LogP contribution in [0.5, 0.6) is 0 Å². The minimum Gasteiger partial charge on any atom is -0.383 e. The lowest BCUT2D eigenvalue weighted by Gasteiger charge is -2.03. The molecule has 21 heavy (non-hydrogen) atoms. The summed E-state index contributed by atoms with van der Waals surface area (Å²) in [6.45, 7) is 0. The largest absolute Gasteiger partial charge is 0.383 e. The summed E-state index contributed by atoms with van der Waals surface area (Å²) in [5.74, 6) is 2.41. The van der Waals surface area contributed by atoms with E-state index in [1.165, 1.54) is 12.8 Å². The van der Waals surface area contributed by atoms with Crippen LogP contribution >= 0.6 is 0 Å². The standard InChI is InChI=1S/C15H15N5O/c16-14-12(9-17-20(14)11-4-2-1-3-5-11)15-18-13(19-21-15)8-10-6-7-10/h1-5,9-10H,6-8,16H2. The highest BCUT2D eigenvalue weighted by Gasteiger charge is 2.25. The lowest BCUT2D eigenvalue weighted by atomic mass is 10.3. The van der Waals surface area contributed by atoms with Gasteiger partial charge < -0.3 is 10.3 Å². The van der Waals surface area contributed by atoms with Gasteiger partial charge in [-0.25, -0.2) is 4.68 Å². The van der Waals surface area contributed by atoms with Gasteiger partial charge in [0, 0.05) is 6.42 Å². The highest BCUT2D eigenvalue weighted by Crippen LogP contribution is 2.33. The van der Waals surface area contributed by atoms with Crippen LogP contribution in [0.25, 0.3) is 17.1 Å². The third-order valence-electron chi connectivity index (χ3n) is 3.67. The molecule has 0 spiro atoms. The average Bonchev–Trinajstić information content (AvgIpc) is 3.06. The lowest BCUT2D eigenvalue weighted by molar-refractivity contribution is 0.421. The smallest absolute Gasteiger partial charge is 0.263 e. The van der Waals surface area contributed by atoms with E-state index >= 15 is 0 Å². The van der Waals surface area contributed by atoms with E-state index < -0.39 is 0 Å². The zero-order chi connectivity index (χ0) is 14.2. The van der Waals surface area contributed by atoms with Crippen molar-refractivity contribution < 1.29 is 4.52 Å². The summed E-state index contributed by atoms with van der Waals surface area (Å²) < 4.78 is 6.98. The van der Waals surface area contributed by atoms with Crippen LogP contribution in [0.2, 0.25) is 0 Å². The predicted molar refractivity (Wildman–Crippen MR) is 77.7 cm³/mol. The van der Waals surface area contributed by atoms with E-state index in [9.17, 15) is 0 Å². The van der Waals surface area contributed by atoms with Crippen molar-refractivity contribution in [1.29, 1.82) is 0 Å². The molecule has 3 aromatic rings. The van der Waals surface area contributed by atoms with Gasteiger partial charge in [0.15, 0.2) is 5.82 Å². The highest BCUT2D eigenvalue weighted by molar-refractivity contribution is 5.68. The number of rotatable bonds is 4. The number of para-hydroxylation sites is 1. The lowest BCUT2D eigenvalue weighted by Crippen LogP contribution is -2.01. The van der Waals surface area contributed by atoms with Gasteiger partial charge in [-0.3, -0.25) is 0 Å². The number of nitrogens with zero attached hydrogens (tertiary/aromatic N) is 4. The van der Waals surface area contributed by atoms with Gasteiger partial charge in [-0.1, -0.05) is 23.4 Å². The van der Waals surface area contributed by atoms with Gasteiger partial charge in [-0.2, -0.15) is 10.1 Å². The van der Waals surface area contributed by atoms with Gasteiger partial charge in [0.05, 0.1) is 11.9 Å². The molecule has 2 heterocycles. The number of hydrogen-bond acceptors (Lipinski definition) is 5. The molecule has 1 aliphatic carbocycles. The van der Waals surface area contributed by atoms with Crippen LogP contribution in [0.15, 0.2) is 41.1 Å². The molecule has 106 valence electrons. The Balaban J connectivity index is 1.66. The predicted octanol–water partition coefficient (Wildman–Crippen LogP) is 2.46. The van der Waals surface area contributed by atoms with Gasteiger partial charge in [0.2, 0.25) is 0 Å². The van der Waals surface area contributed by atoms with Crippen molar-refractivity contribution in [1.82, 2.24) is 19.9 Å². The van der Waals surface area contributed by atoms with E-state index in [1.807, 2.05) is 30.3 Å². The van der Waals surface area contributed by atoms with Crippen molar-refractivity contribution in [2.24, 2.45) is 5.92 Å². The molecule has 1 fully saturated rings. The number of anilines is 1. The van der Waals surface area contributed by atoms with Crippen molar-refractivity contribution >= 4 is 5.82 Å². The number of benzene rings is 1. The van der Waals surface area contributed by atoms with Crippen LogP contribution in [0, 0.1) is 5.92 Å². The molecule has 0 aliphatic heterocycles. The van der Waals surface area contributed by atoms with Crippen molar-refractivity contribution in [2.45, 2.75) is 19.3 Å². The molecule has 2 aromatic heterocycles. The molecule has 0 bridgehead atoms. The molecule has 0 unspecified atom stereocenters. The van der Waals surface area contributed by atoms with Crippen LogP contribution in [0.4, 0.5) is 5.82 Å². The molecule has 2 N–H and O–H groups in total. The molecule has 0 saturated heterocycles. The second-order valence-corrected chi connectivity index (χ2v) is 5.35. The summed E-state index contributed by atoms with van der Waals surface area (Å²) in [7, 11) is 0. The minimum atomic E-state index is 0.435. The van der Waals surface area contributed by atoms with Crippen LogP contribution in [-0.4, -0.2) is 19.9 Å². The fourth-order valence-electron chi connectivity index (χ4n) is 2.32. The Labute approximate surface area is 121 Å². The quantitative estimate of drug-likeness (QED) is 0.794. The first-order valence-corrected chi connectivity index (χ1v) is 7.03. The van der Waals surface area contributed by atoms with E-state index in [0.717, 1.165) is 23.9 Å². The number of nitrogen functional groups attached to an aromatic ring is 1. The first-order chi connectivity index (χ1) is 10.3. The molecule has 4 rings (SSSR count). The molecule has 6 heteroatoms. The second-order valence-electron chi connectivity index (χ2n) is 5.35. The summed E-state index contributed by atoms with van der Waals surface area (Å²) in [6.07, 6.45) is 5.07. The van der Waals surface area contributed by atoms with Crippen molar-refractivity contribution in [2.75, 3.05) is 5.73 Å². The Bertz CT molecular complexity index is 757. The first-order valence-electron chi connectivity index (χ1n) is 7.03. The maximum Gasteiger partial charge on any atom is 0.263 e. The van der Waals surface area contributed by atoms with E-state index in [2.05, 4.69) is 15.2 Å². The monoisotopic (exact) mass is 281 g/mol. The Morgan fingerprint density at radius 1 is 1.24 bits per heavy atom. The van der Waals surface area contributed by atoms with E-state index in [0.29, 0.717) is 17.3 Å². The maximum absolute atomic E-state index is 6.16. The number of hydrogen-bond donors (Lipinski definition) is 1. The summed E-state index contributed by atoms with van der Waals surface area (Å²) in [4.78, 5) is 4.42. The normalized spacial score (nSPS) is 14.5. The zero-order valence-electron chi connectivity index (χ0n) is 11.4. The SMILES string of the molecule is Nc1c(-c2nc(CC3CC3)no2)cnn1-c1ccccc1. The second kappa shape index (κ2) is 4.73. The fourth-order valence-corrected chi connectivity index (χ4v) is 2.32. The van der Waals surface area contributed by atoms with Crippen LogP contribution in [0.3, 0.4) is 0 Å².